The Morgan fingerprint density at radius 3 is 2.72 bits per heavy atom. The third kappa shape index (κ3) is 3.63. The fourth-order valence-corrected chi connectivity index (χ4v) is 3.22. The second-order valence-corrected chi connectivity index (χ2v) is 6.24. The second kappa shape index (κ2) is 7.34. The summed E-state index contributed by atoms with van der Waals surface area (Å²) in [5.74, 6) is 1.86. The molecule has 2 aromatic heterocycles. The maximum Gasteiger partial charge on any atom is 0.134 e. The monoisotopic (exact) mass is 334 g/mol. The summed E-state index contributed by atoms with van der Waals surface area (Å²) in [5.41, 5.74) is 2.25. The Balaban J connectivity index is 1.49. The van der Waals surface area contributed by atoms with E-state index in [4.69, 9.17) is 0 Å². The summed E-state index contributed by atoms with van der Waals surface area (Å²) in [5, 5.41) is 7.76. The van der Waals surface area contributed by atoms with Gasteiger partial charge in [-0.1, -0.05) is 18.2 Å². The Bertz CT molecular complexity index is 808. The molecule has 0 unspecified atom stereocenters. The molecule has 4 rings (SSSR count). The number of piperidine rings is 1. The zero-order valence-electron chi connectivity index (χ0n) is 14.2. The van der Waals surface area contributed by atoms with Crippen molar-refractivity contribution < 1.29 is 0 Å². The first-order valence-electron chi connectivity index (χ1n) is 8.79. The van der Waals surface area contributed by atoms with Crippen LogP contribution in [0.25, 0.3) is 5.69 Å². The Morgan fingerprint density at radius 1 is 1.00 bits per heavy atom. The Morgan fingerprint density at radius 2 is 1.88 bits per heavy atom. The van der Waals surface area contributed by atoms with Gasteiger partial charge in [0.2, 0.25) is 0 Å². The predicted molar refractivity (Wildman–Crippen MR) is 99.0 cm³/mol. The van der Waals surface area contributed by atoms with E-state index in [1.807, 2.05) is 35.1 Å². The molecule has 0 atom stereocenters. The topological polar surface area (TPSA) is 58.9 Å². The molecule has 3 heterocycles. The maximum absolute atomic E-state index is 4.44. The smallest absolute Gasteiger partial charge is 0.134 e. The van der Waals surface area contributed by atoms with E-state index in [2.05, 4.69) is 37.4 Å². The van der Waals surface area contributed by atoms with Gasteiger partial charge in [0, 0.05) is 38.1 Å². The van der Waals surface area contributed by atoms with Gasteiger partial charge < -0.3 is 10.2 Å². The minimum absolute atomic E-state index is 0.687. The Hall–Kier alpha value is -2.89. The molecule has 1 aromatic carbocycles. The van der Waals surface area contributed by atoms with Gasteiger partial charge in [-0.2, -0.15) is 5.10 Å². The SMILES string of the molecule is c1ccc(-n2cccn2)c(CNc2cc(N3CCCCC3)ncn2)c1. The lowest BCUT2D eigenvalue weighted by Gasteiger charge is -2.27. The molecule has 25 heavy (non-hydrogen) atoms. The number of rotatable bonds is 5. The molecule has 0 aliphatic carbocycles. The number of nitrogens with one attached hydrogen (secondary N) is 1. The van der Waals surface area contributed by atoms with Gasteiger partial charge >= 0.3 is 0 Å². The van der Waals surface area contributed by atoms with E-state index < -0.39 is 0 Å². The number of hydrogen-bond acceptors (Lipinski definition) is 5. The minimum atomic E-state index is 0.687. The highest BCUT2D eigenvalue weighted by Crippen LogP contribution is 2.20. The van der Waals surface area contributed by atoms with Crippen molar-refractivity contribution in [3.05, 3.63) is 60.7 Å². The van der Waals surface area contributed by atoms with Gasteiger partial charge in [-0.15, -0.1) is 0 Å². The van der Waals surface area contributed by atoms with Crippen molar-refractivity contribution in [3.8, 4) is 5.69 Å². The van der Waals surface area contributed by atoms with Crippen LogP contribution in [0.5, 0.6) is 0 Å². The summed E-state index contributed by atoms with van der Waals surface area (Å²) in [6, 6.07) is 12.2. The van der Waals surface area contributed by atoms with E-state index in [0.29, 0.717) is 6.54 Å². The highest BCUT2D eigenvalue weighted by molar-refractivity contribution is 5.50. The maximum atomic E-state index is 4.44. The first-order chi connectivity index (χ1) is 12.4. The van der Waals surface area contributed by atoms with E-state index >= 15 is 0 Å². The van der Waals surface area contributed by atoms with Crippen LogP contribution in [0.2, 0.25) is 0 Å². The van der Waals surface area contributed by atoms with Crippen molar-refractivity contribution in [2.75, 3.05) is 23.3 Å². The van der Waals surface area contributed by atoms with Crippen molar-refractivity contribution in [1.29, 1.82) is 0 Å². The second-order valence-electron chi connectivity index (χ2n) is 6.24. The highest BCUT2D eigenvalue weighted by Gasteiger charge is 2.13. The summed E-state index contributed by atoms with van der Waals surface area (Å²) < 4.78 is 1.89. The van der Waals surface area contributed by atoms with Crippen LogP contribution in [-0.4, -0.2) is 32.8 Å². The van der Waals surface area contributed by atoms with Crippen molar-refractivity contribution in [2.45, 2.75) is 25.8 Å². The lowest BCUT2D eigenvalue weighted by Crippen LogP contribution is -2.30. The number of aromatic nitrogens is 4. The molecule has 6 nitrogen and oxygen atoms in total. The quantitative estimate of drug-likeness (QED) is 0.776. The summed E-state index contributed by atoms with van der Waals surface area (Å²) in [6.45, 7) is 2.85. The molecule has 6 heteroatoms. The zero-order chi connectivity index (χ0) is 16.9. The van der Waals surface area contributed by atoms with Gasteiger partial charge in [-0.05, 0) is 37.0 Å². The normalized spacial score (nSPS) is 14.5. The number of benzene rings is 1. The van der Waals surface area contributed by atoms with E-state index in [-0.39, 0.29) is 0 Å². The minimum Gasteiger partial charge on any atom is -0.366 e. The standard InChI is InChI=1S/C19H22N6/c1-4-10-24(11-5-1)19-13-18(21-15-22-19)20-14-16-7-2-3-8-17(16)25-12-6-9-23-25/h2-3,6-9,12-13,15H,1,4-5,10-11,14H2,(H,20,21,22). The van der Waals surface area contributed by atoms with Gasteiger partial charge in [0.1, 0.15) is 18.0 Å². The fraction of sp³-hybridized carbons (Fsp3) is 0.316. The van der Waals surface area contributed by atoms with Crippen LogP contribution >= 0.6 is 0 Å². The summed E-state index contributed by atoms with van der Waals surface area (Å²) in [6.07, 6.45) is 9.19. The molecule has 1 fully saturated rings. The number of anilines is 2. The first kappa shape index (κ1) is 15.6. The number of nitrogens with zero attached hydrogens (tertiary/aromatic N) is 5. The number of hydrogen-bond donors (Lipinski definition) is 1. The van der Waals surface area contributed by atoms with E-state index in [9.17, 15) is 0 Å². The Kier molecular flexibility index (Phi) is 4.59. The fourth-order valence-electron chi connectivity index (χ4n) is 3.22. The van der Waals surface area contributed by atoms with Gasteiger partial charge in [-0.25, -0.2) is 14.6 Å². The van der Waals surface area contributed by atoms with E-state index in [0.717, 1.165) is 30.4 Å². The van der Waals surface area contributed by atoms with Crippen molar-refractivity contribution in [1.82, 2.24) is 19.7 Å². The average molecular weight is 334 g/mol. The molecule has 1 aliphatic heterocycles. The first-order valence-corrected chi connectivity index (χ1v) is 8.79. The summed E-state index contributed by atoms with van der Waals surface area (Å²) >= 11 is 0. The van der Waals surface area contributed by atoms with Crippen LogP contribution in [-0.2, 0) is 6.54 Å². The molecular formula is C19H22N6. The Labute approximate surface area is 147 Å². The van der Waals surface area contributed by atoms with Crippen molar-refractivity contribution >= 4 is 11.6 Å². The van der Waals surface area contributed by atoms with E-state index in [1.165, 1.54) is 24.8 Å². The molecule has 0 saturated carbocycles. The molecule has 0 radical (unpaired) electrons. The third-order valence-electron chi connectivity index (χ3n) is 4.54. The van der Waals surface area contributed by atoms with E-state index in [1.54, 1.807) is 12.5 Å². The molecule has 0 spiro atoms. The molecule has 1 aliphatic rings. The summed E-state index contributed by atoms with van der Waals surface area (Å²) in [4.78, 5) is 11.1. The van der Waals surface area contributed by atoms with Gasteiger partial charge in [0.15, 0.2) is 0 Å². The molecule has 0 amide bonds. The lowest BCUT2D eigenvalue weighted by atomic mass is 10.1. The van der Waals surface area contributed by atoms with Gasteiger partial charge in [0.25, 0.3) is 0 Å². The summed E-state index contributed by atoms with van der Waals surface area (Å²) in [7, 11) is 0. The molecule has 1 saturated heterocycles. The largest absolute Gasteiger partial charge is 0.366 e. The highest BCUT2D eigenvalue weighted by atomic mass is 15.3. The van der Waals surface area contributed by atoms with Gasteiger partial charge in [0.05, 0.1) is 5.69 Å². The molecule has 128 valence electrons. The van der Waals surface area contributed by atoms with Crippen LogP contribution in [0.3, 0.4) is 0 Å². The molecule has 3 aromatic rings. The number of para-hydroxylation sites is 1. The molecular weight excluding hydrogens is 312 g/mol. The van der Waals surface area contributed by atoms with Crippen LogP contribution in [0.1, 0.15) is 24.8 Å². The van der Waals surface area contributed by atoms with Crippen LogP contribution in [0.4, 0.5) is 11.6 Å². The van der Waals surface area contributed by atoms with Crippen LogP contribution in [0.15, 0.2) is 55.1 Å². The average Bonchev–Trinajstić information content (AvgIpc) is 3.22. The van der Waals surface area contributed by atoms with Crippen LogP contribution in [0, 0.1) is 0 Å². The van der Waals surface area contributed by atoms with Crippen molar-refractivity contribution in [2.24, 2.45) is 0 Å². The molecule has 1 N–H and O–H groups in total. The van der Waals surface area contributed by atoms with Gasteiger partial charge in [-0.3, -0.25) is 0 Å². The predicted octanol–water partition coefficient (Wildman–Crippen LogP) is 3.26. The lowest BCUT2D eigenvalue weighted by molar-refractivity contribution is 0.573. The van der Waals surface area contributed by atoms with Crippen molar-refractivity contribution in [3.63, 3.8) is 0 Å². The third-order valence-corrected chi connectivity index (χ3v) is 4.54. The zero-order valence-corrected chi connectivity index (χ0v) is 14.2. The molecule has 0 bridgehead atoms. The van der Waals surface area contributed by atoms with Crippen LogP contribution < -0.4 is 10.2 Å².